The Bertz CT molecular complexity index is 306. The summed E-state index contributed by atoms with van der Waals surface area (Å²) < 4.78 is 0. The molecule has 0 bridgehead atoms. The molecule has 1 aromatic rings. The van der Waals surface area contributed by atoms with E-state index in [4.69, 9.17) is 0 Å². The SMILES string of the molecule is C=CCNC(=O)c1ccc(NC)s1. The van der Waals surface area contributed by atoms with Crippen LogP contribution >= 0.6 is 11.3 Å². The first kappa shape index (κ1) is 9.80. The molecule has 4 heteroatoms. The molecular weight excluding hydrogens is 184 g/mol. The smallest absolute Gasteiger partial charge is 0.261 e. The Labute approximate surface area is 81.5 Å². The molecule has 0 fully saturated rings. The summed E-state index contributed by atoms with van der Waals surface area (Å²) in [5.41, 5.74) is 0. The van der Waals surface area contributed by atoms with E-state index in [1.54, 1.807) is 12.1 Å². The van der Waals surface area contributed by atoms with Gasteiger partial charge in [-0.3, -0.25) is 4.79 Å². The molecule has 0 aliphatic heterocycles. The highest BCUT2D eigenvalue weighted by Crippen LogP contribution is 2.20. The average molecular weight is 196 g/mol. The molecule has 70 valence electrons. The van der Waals surface area contributed by atoms with Crippen LogP contribution in [0.5, 0.6) is 0 Å². The van der Waals surface area contributed by atoms with Crippen molar-refractivity contribution in [2.75, 3.05) is 18.9 Å². The Kier molecular flexibility index (Phi) is 3.52. The minimum atomic E-state index is -0.0496. The highest BCUT2D eigenvalue weighted by molar-refractivity contribution is 7.17. The van der Waals surface area contributed by atoms with Crippen LogP contribution in [0.25, 0.3) is 0 Å². The molecule has 1 rings (SSSR count). The maximum Gasteiger partial charge on any atom is 0.261 e. The van der Waals surface area contributed by atoms with E-state index in [1.165, 1.54) is 11.3 Å². The fraction of sp³-hybridized carbons (Fsp3) is 0.222. The number of amides is 1. The number of hydrogen-bond donors (Lipinski definition) is 2. The summed E-state index contributed by atoms with van der Waals surface area (Å²) in [7, 11) is 1.83. The quantitative estimate of drug-likeness (QED) is 0.720. The monoisotopic (exact) mass is 196 g/mol. The van der Waals surface area contributed by atoms with Crippen LogP contribution in [-0.4, -0.2) is 19.5 Å². The van der Waals surface area contributed by atoms with E-state index < -0.39 is 0 Å². The Balaban J connectivity index is 2.60. The molecule has 0 spiro atoms. The summed E-state index contributed by atoms with van der Waals surface area (Å²) in [6.07, 6.45) is 1.66. The fourth-order valence-electron chi connectivity index (χ4n) is 0.846. The molecule has 1 heterocycles. The highest BCUT2D eigenvalue weighted by Gasteiger charge is 2.06. The van der Waals surface area contributed by atoms with Gasteiger partial charge in [-0.1, -0.05) is 6.08 Å². The summed E-state index contributed by atoms with van der Waals surface area (Å²) in [5.74, 6) is -0.0496. The number of nitrogens with one attached hydrogen (secondary N) is 2. The van der Waals surface area contributed by atoms with Gasteiger partial charge in [0.15, 0.2) is 0 Å². The summed E-state index contributed by atoms with van der Waals surface area (Å²) in [5, 5.41) is 6.68. The third-order valence-electron chi connectivity index (χ3n) is 1.48. The standard InChI is InChI=1S/C9H12N2OS/c1-3-6-11-9(12)7-4-5-8(10-2)13-7/h3-5,10H,1,6H2,2H3,(H,11,12). The van der Waals surface area contributed by atoms with Gasteiger partial charge in [0.1, 0.15) is 0 Å². The zero-order valence-corrected chi connectivity index (χ0v) is 8.28. The molecule has 1 aromatic heterocycles. The van der Waals surface area contributed by atoms with Crippen LogP contribution in [0.15, 0.2) is 24.8 Å². The zero-order chi connectivity index (χ0) is 9.68. The van der Waals surface area contributed by atoms with Gasteiger partial charge in [0.2, 0.25) is 0 Å². The zero-order valence-electron chi connectivity index (χ0n) is 7.46. The lowest BCUT2D eigenvalue weighted by Gasteiger charge is -1.97. The van der Waals surface area contributed by atoms with Crippen molar-refractivity contribution in [3.05, 3.63) is 29.7 Å². The van der Waals surface area contributed by atoms with Gasteiger partial charge in [-0.2, -0.15) is 0 Å². The molecule has 0 unspecified atom stereocenters. The Morgan fingerprint density at radius 1 is 1.69 bits per heavy atom. The minimum Gasteiger partial charge on any atom is -0.380 e. The van der Waals surface area contributed by atoms with Gasteiger partial charge in [0.05, 0.1) is 9.88 Å². The first-order valence-electron chi connectivity index (χ1n) is 3.94. The number of anilines is 1. The van der Waals surface area contributed by atoms with Gasteiger partial charge in [-0.05, 0) is 12.1 Å². The van der Waals surface area contributed by atoms with Gasteiger partial charge in [0, 0.05) is 13.6 Å². The molecule has 3 nitrogen and oxygen atoms in total. The van der Waals surface area contributed by atoms with E-state index in [-0.39, 0.29) is 5.91 Å². The third-order valence-corrected chi connectivity index (χ3v) is 2.58. The van der Waals surface area contributed by atoms with Crippen LogP contribution < -0.4 is 10.6 Å². The van der Waals surface area contributed by atoms with Gasteiger partial charge in [-0.15, -0.1) is 17.9 Å². The molecule has 13 heavy (non-hydrogen) atoms. The fourth-order valence-corrected chi connectivity index (χ4v) is 1.62. The maximum atomic E-state index is 11.4. The topological polar surface area (TPSA) is 41.1 Å². The van der Waals surface area contributed by atoms with Gasteiger partial charge in [-0.25, -0.2) is 0 Å². The number of rotatable bonds is 4. The Hall–Kier alpha value is -1.29. The van der Waals surface area contributed by atoms with E-state index in [0.29, 0.717) is 11.4 Å². The third kappa shape index (κ3) is 2.59. The van der Waals surface area contributed by atoms with Crippen LogP contribution in [0.3, 0.4) is 0 Å². The molecule has 0 radical (unpaired) electrons. The second kappa shape index (κ2) is 4.67. The first-order chi connectivity index (χ1) is 6.27. The summed E-state index contributed by atoms with van der Waals surface area (Å²) in [6, 6.07) is 3.68. The number of hydrogen-bond acceptors (Lipinski definition) is 3. The largest absolute Gasteiger partial charge is 0.380 e. The van der Waals surface area contributed by atoms with Crippen LogP contribution in [0.1, 0.15) is 9.67 Å². The van der Waals surface area contributed by atoms with Crippen molar-refractivity contribution in [3.63, 3.8) is 0 Å². The predicted molar refractivity (Wildman–Crippen MR) is 56.4 cm³/mol. The first-order valence-corrected chi connectivity index (χ1v) is 4.76. The molecule has 0 saturated heterocycles. The second-order valence-corrected chi connectivity index (χ2v) is 3.50. The number of carbonyl (C=O) groups excluding carboxylic acids is 1. The maximum absolute atomic E-state index is 11.4. The van der Waals surface area contributed by atoms with E-state index in [1.807, 2.05) is 13.1 Å². The number of carbonyl (C=O) groups is 1. The summed E-state index contributed by atoms with van der Waals surface area (Å²) in [4.78, 5) is 12.1. The van der Waals surface area contributed by atoms with E-state index in [0.717, 1.165) is 5.00 Å². The summed E-state index contributed by atoms with van der Waals surface area (Å²) >= 11 is 1.43. The van der Waals surface area contributed by atoms with Crippen molar-refractivity contribution in [3.8, 4) is 0 Å². The molecular formula is C9H12N2OS. The summed E-state index contributed by atoms with van der Waals surface area (Å²) in [6.45, 7) is 4.03. The Morgan fingerprint density at radius 2 is 2.46 bits per heavy atom. The van der Waals surface area contributed by atoms with Crippen molar-refractivity contribution in [1.29, 1.82) is 0 Å². The van der Waals surface area contributed by atoms with Crippen LogP contribution in [0, 0.1) is 0 Å². The highest BCUT2D eigenvalue weighted by atomic mass is 32.1. The van der Waals surface area contributed by atoms with Gasteiger partial charge in [0.25, 0.3) is 5.91 Å². The molecule has 2 N–H and O–H groups in total. The second-order valence-electron chi connectivity index (χ2n) is 2.41. The van der Waals surface area contributed by atoms with E-state index in [9.17, 15) is 4.79 Å². The van der Waals surface area contributed by atoms with E-state index in [2.05, 4.69) is 17.2 Å². The minimum absolute atomic E-state index is 0.0496. The Morgan fingerprint density at radius 3 is 3.00 bits per heavy atom. The molecule has 0 aromatic carbocycles. The molecule has 0 aliphatic carbocycles. The van der Waals surface area contributed by atoms with Gasteiger partial charge < -0.3 is 10.6 Å². The van der Waals surface area contributed by atoms with Crippen LogP contribution in [0.4, 0.5) is 5.00 Å². The van der Waals surface area contributed by atoms with Crippen LogP contribution in [-0.2, 0) is 0 Å². The number of thiophene rings is 1. The van der Waals surface area contributed by atoms with Crippen LogP contribution in [0.2, 0.25) is 0 Å². The van der Waals surface area contributed by atoms with Crippen molar-refractivity contribution >= 4 is 22.2 Å². The van der Waals surface area contributed by atoms with E-state index >= 15 is 0 Å². The van der Waals surface area contributed by atoms with Crippen molar-refractivity contribution in [1.82, 2.24) is 5.32 Å². The average Bonchev–Trinajstić information content (AvgIpc) is 2.62. The van der Waals surface area contributed by atoms with Crippen molar-refractivity contribution in [2.45, 2.75) is 0 Å². The molecule has 0 saturated carbocycles. The predicted octanol–water partition coefficient (Wildman–Crippen LogP) is 1.71. The van der Waals surface area contributed by atoms with Crippen molar-refractivity contribution in [2.24, 2.45) is 0 Å². The normalized spacial score (nSPS) is 9.31. The lowest BCUT2D eigenvalue weighted by Crippen LogP contribution is -2.21. The van der Waals surface area contributed by atoms with Crippen molar-refractivity contribution < 1.29 is 4.79 Å². The lowest BCUT2D eigenvalue weighted by molar-refractivity contribution is 0.0962. The van der Waals surface area contributed by atoms with Gasteiger partial charge >= 0.3 is 0 Å². The molecule has 0 aliphatic rings. The lowest BCUT2D eigenvalue weighted by atomic mass is 10.4. The molecule has 0 atom stereocenters. The molecule has 1 amide bonds.